The topological polar surface area (TPSA) is 49.8 Å². The molecule has 1 saturated heterocycles. The fraction of sp³-hybridized carbons (Fsp3) is 0.533. The number of piperidine rings is 1. The highest BCUT2D eigenvalue weighted by Crippen LogP contribution is 2.25. The third-order valence-corrected chi connectivity index (χ3v) is 4.03. The number of nitrogens with zero attached hydrogens (tertiary/aromatic N) is 1. The number of likely N-dealkylation sites (tertiary alicyclic amines) is 1. The molecule has 1 aromatic carbocycles. The van der Waals surface area contributed by atoms with Crippen molar-refractivity contribution in [3.05, 3.63) is 28.2 Å². The zero-order chi connectivity index (χ0) is 15.4. The summed E-state index contributed by atoms with van der Waals surface area (Å²) in [4.78, 5) is 13.3. The van der Waals surface area contributed by atoms with Crippen LogP contribution in [0.25, 0.3) is 0 Å². The first kappa shape index (κ1) is 16.4. The summed E-state index contributed by atoms with van der Waals surface area (Å²) in [6, 6.07) is 5.08. The molecule has 1 aliphatic rings. The molecule has 1 N–H and O–H groups in total. The van der Waals surface area contributed by atoms with Gasteiger partial charge in [-0.2, -0.15) is 0 Å². The van der Waals surface area contributed by atoms with Gasteiger partial charge in [0.1, 0.15) is 12.4 Å². The number of hydrogen-bond donors (Lipinski definition) is 1. The van der Waals surface area contributed by atoms with Gasteiger partial charge in [0.05, 0.1) is 5.92 Å². The van der Waals surface area contributed by atoms with Gasteiger partial charge >= 0.3 is 5.97 Å². The molecule has 1 aromatic rings. The van der Waals surface area contributed by atoms with Crippen molar-refractivity contribution in [2.45, 2.75) is 13.3 Å². The van der Waals surface area contributed by atoms with Gasteiger partial charge in [0, 0.05) is 29.7 Å². The number of carboxylic acids is 1. The molecular weight excluding hydrogens is 313 g/mol. The fourth-order valence-corrected chi connectivity index (χ4v) is 3.23. The Morgan fingerprint density at radius 3 is 2.62 bits per heavy atom. The van der Waals surface area contributed by atoms with Gasteiger partial charge in [-0.05, 0) is 30.5 Å². The van der Waals surface area contributed by atoms with E-state index >= 15 is 0 Å². The molecule has 21 heavy (non-hydrogen) atoms. The maximum absolute atomic E-state index is 11.1. The highest BCUT2D eigenvalue weighted by molar-refractivity contribution is 6.34. The summed E-state index contributed by atoms with van der Waals surface area (Å²) in [6.07, 6.45) is 0.747. The number of aliphatic carboxylic acids is 1. The summed E-state index contributed by atoms with van der Waals surface area (Å²) in [7, 11) is 0. The summed E-state index contributed by atoms with van der Waals surface area (Å²) in [5.74, 6) is 0.0243. The average Bonchev–Trinajstić information content (AvgIpc) is 2.36. The predicted octanol–water partition coefficient (Wildman–Crippen LogP) is 3.41. The minimum absolute atomic E-state index is 0.283. The summed E-state index contributed by atoms with van der Waals surface area (Å²) in [5.41, 5.74) is 0. The van der Waals surface area contributed by atoms with Crippen molar-refractivity contribution in [3.8, 4) is 5.75 Å². The van der Waals surface area contributed by atoms with Crippen LogP contribution in [0.3, 0.4) is 0 Å². The van der Waals surface area contributed by atoms with E-state index in [2.05, 4.69) is 11.8 Å². The van der Waals surface area contributed by atoms with Crippen molar-refractivity contribution in [2.75, 3.05) is 26.2 Å². The van der Waals surface area contributed by atoms with Crippen molar-refractivity contribution in [1.29, 1.82) is 0 Å². The Kier molecular flexibility index (Phi) is 5.73. The van der Waals surface area contributed by atoms with Crippen LogP contribution in [0, 0.1) is 11.8 Å². The Hall–Kier alpha value is -0.970. The molecule has 0 saturated carbocycles. The highest BCUT2D eigenvalue weighted by Gasteiger charge is 2.29. The van der Waals surface area contributed by atoms with Crippen LogP contribution in [0.4, 0.5) is 0 Å². The van der Waals surface area contributed by atoms with Gasteiger partial charge in [-0.25, -0.2) is 0 Å². The monoisotopic (exact) mass is 331 g/mol. The van der Waals surface area contributed by atoms with Crippen LogP contribution in [0.2, 0.25) is 10.0 Å². The van der Waals surface area contributed by atoms with Gasteiger partial charge in [-0.1, -0.05) is 30.1 Å². The smallest absolute Gasteiger partial charge is 0.307 e. The van der Waals surface area contributed by atoms with Crippen molar-refractivity contribution in [2.24, 2.45) is 11.8 Å². The van der Waals surface area contributed by atoms with E-state index in [9.17, 15) is 4.79 Å². The third kappa shape index (κ3) is 5.06. The lowest BCUT2D eigenvalue weighted by molar-refractivity contribution is -0.144. The second-order valence-corrected chi connectivity index (χ2v) is 6.46. The zero-order valence-corrected chi connectivity index (χ0v) is 13.4. The first-order valence-corrected chi connectivity index (χ1v) is 7.73. The summed E-state index contributed by atoms with van der Waals surface area (Å²) in [5, 5.41) is 10.2. The molecule has 6 heteroatoms. The number of carboxylic acid groups (broad SMARTS) is 1. The van der Waals surface area contributed by atoms with Crippen LogP contribution in [0.1, 0.15) is 13.3 Å². The molecular formula is C15H19Cl2NO3. The zero-order valence-electron chi connectivity index (χ0n) is 11.9. The quantitative estimate of drug-likeness (QED) is 0.898. The molecule has 116 valence electrons. The largest absolute Gasteiger partial charge is 0.492 e. The lowest BCUT2D eigenvalue weighted by atomic mass is 9.90. The van der Waals surface area contributed by atoms with Crippen LogP contribution >= 0.6 is 23.2 Å². The normalized spacial score (nSPS) is 23.0. The van der Waals surface area contributed by atoms with E-state index in [4.69, 9.17) is 33.0 Å². The van der Waals surface area contributed by atoms with Gasteiger partial charge in [-0.3, -0.25) is 9.69 Å². The Balaban J connectivity index is 1.83. The second-order valence-electron chi connectivity index (χ2n) is 5.59. The van der Waals surface area contributed by atoms with E-state index in [0.717, 1.165) is 13.0 Å². The van der Waals surface area contributed by atoms with E-state index in [-0.39, 0.29) is 5.92 Å². The van der Waals surface area contributed by atoms with E-state index in [1.807, 2.05) is 0 Å². The van der Waals surface area contributed by atoms with E-state index in [1.54, 1.807) is 18.2 Å². The van der Waals surface area contributed by atoms with Crippen LogP contribution in [-0.2, 0) is 4.79 Å². The van der Waals surface area contributed by atoms with Crippen molar-refractivity contribution in [1.82, 2.24) is 4.90 Å². The van der Waals surface area contributed by atoms with Crippen molar-refractivity contribution >= 4 is 29.2 Å². The first-order chi connectivity index (χ1) is 9.94. The molecule has 0 aliphatic carbocycles. The molecule has 0 aromatic heterocycles. The van der Waals surface area contributed by atoms with Gasteiger partial charge in [0.15, 0.2) is 0 Å². The van der Waals surface area contributed by atoms with Gasteiger partial charge in [-0.15, -0.1) is 0 Å². The van der Waals surface area contributed by atoms with Crippen LogP contribution in [0.5, 0.6) is 5.75 Å². The van der Waals surface area contributed by atoms with E-state index in [1.165, 1.54) is 0 Å². The molecule has 0 spiro atoms. The lowest BCUT2D eigenvalue weighted by Crippen LogP contribution is -2.44. The maximum Gasteiger partial charge on any atom is 0.307 e. The minimum Gasteiger partial charge on any atom is -0.492 e. The van der Waals surface area contributed by atoms with Crippen LogP contribution in [0.15, 0.2) is 18.2 Å². The third-order valence-electron chi connectivity index (χ3n) is 3.60. The molecule has 0 radical (unpaired) electrons. The van der Waals surface area contributed by atoms with Gasteiger partial charge in [0.25, 0.3) is 0 Å². The maximum atomic E-state index is 11.1. The average molecular weight is 332 g/mol. The molecule has 2 atom stereocenters. The summed E-state index contributed by atoms with van der Waals surface area (Å²) >= 11 is 11.8. The van der Waals surface area contributed by atoms with E-state index < -0.39 is 5.97 Å². The fourth-order valence-electron chi connectivity index (χ4n) is 2.73. The van der Waals surface area contributed by atoms with Crippen molar-refractivity contribution < 1.29 is 14.6 Å². The number of ether oxygens (including phenoxy) is 1. The number of carbonyl (C=O) groups is 1. The van der Waals surface area contributed by atoms with Gasteiger partial charge in [0.2, 0.25) is 0 Å². The summed E-state index contributed by atoms with van der Waals surface area (Å²) < 4.78 is 5.64. The molecule has 0 amide bonds. The number of halogens is 2. The van der Waals surface area contributed by atoms with Gasteiger partial charge < -0.3 is 9.84 Å². The summed E-state index contributed by atoms with van der Waals surface area (Å²) in [6.45, 7) is 4.75. The first-order valence-electron chi connectivity index (χ1n) is 6.98. The molecule has 2 rings (SSSR count). The number of rotatable bonds is 5. The number of hydrogen-bond acceptors (Lipinski definition) is 3. The molecule has 1 aliphatic heterocycles. The Morgan fingerprint density at radius 2 is 2.00 bits per heavy atom. The van der Waals surface area contributed by atoms with Crippen LogP contribution < -0.4 is 4.74 Å². The second kappa shape index (κ2) is 7.34. The molecule has 1 heterocycles. The molecule has 1 fully saturated rings. The van der Waals surface area contributed by atoms with Crippen LogP contribution in [-0.4, -0.2) is 42.2 Å². The lowest BCUT2D eigenvalue weighted by Gasteiger charge is -2.34. The molecule has 4 nitrogen and oxygen atoms in total. The highest BCUT2D eigenvalue weighted by atomic mass is 35.5. The SMILES string of the molecule is CC1CC(C(=O)O)CN(CCOc2cc(Cl)cc(Cl)c2)C1. The number of benzene rings is 1. The predicted molar refractivity (Wildman–Crippen MR) is 83.3 cm³/mol. The Labute approximate surface area is 134 Å². The molecule has 2 unspecified atom stereocenters. The Bertz CT molecular complexity index is 489. The van der Waals surface area contributed by atoms with Crippen molar-refractivity contribution in [3.63, 3.8) is 0 Å². The van der Waals surface area contributed by atoms with E-state index in [0.29, 0.717) is 41.4 Å². The molecule has 0 bridgehead atoms. The minimum atomic E-state index is -0.714. The Morgan fingerprint density at radius 1 is 1.33 bits per heavy atom. The standard InChI is InChI=1S/C15H19Cl2NO3/c1-10-4-11(15(19)20)9-18(8-10)2-3-21-14-6-12(16)5-13(17)7-14/h5-7,10-11H,2-4,8-9H2,1H3,(H,19,20).